The van der Waals surface area contributed by atoms with E-state index in [9.17, 15) is 13.2 Å². The van der Waals surface area contributed by atoms with Gasteiger partial charge in [0.15, 0.2) is 9.84 Å². The van der Waals surface area contributed by atoms with Crippen molar-refractivity contribution in [1.29, 1.82) is 0 Å². The molecule has 0 aliphatic heterocycles. The van der Waals surface area contributed by atoms with Gasteiger partial charge in [-0.15, -0.1) is 0 Å². The van der Waals surface area contributed by atoms with Gasteiger partial charge in [0, 0.05) is 6.04 Å². The zero-order valence-corrected chi connectivity index (χ0v) is 11.1. The molecular weight excluding hydrogens is 230 g/mol. The van der Waals surface area contributed by atoms with Gasteiger partial charge in [-0.25, -0.2) is 8.42 Å². The minimum Gasteiger partial charge on any atom is -0.469 e. The van der Waals surface area contributed by atoms with E-state index in [4.69, 9.17) is 5.73 Å². The molecule has 0 aromatic heterocycles. The van der Waals surface area contributed by atoms with Crippen molar-refractivity contribution in [3.05, 3.63) is 0 Å². The quantitative estimate of drug-likeness (QED) is 0.712. The molecule has 0 spiro atoms. The van der Waals surface area contributed by atoms with Crippen LogP contribution in [0.2, 0.25) is 0 Å². The Morgan fingerprint density at radius 1 is 1.38 bits per heavy atom. The summed E-state index contributed by atoms with van der Waals surface area (Å²) in [5.41, 5.74) is 5.51. The molecule has 16 heavy (non-hydrogen) atoms. The number of methoxy groups -OCH3 is 1. The summed E-state index contributed by atoms with van der Waals surface area (Å²) in [5, 5.41) is 0. The lowest BCUT2D eigenvalue weighted by atomic mass is 9.89. The second kappa shape index (κ2) is 5.63. The summed E-state index contributed by atoms with van der Waals surface area (Å²) in [6.45, 7) is 5.65. The van der Waals surface area contributed by atoms with E-state index in [2.05, 4.69) is 4.74 Å². The number of esters is 1. The van der Waals surface area contributed by atoms with E-state index < -0.39 is 21.8 Å². The summed E-state index contributed by atoms with van der Waals surface area (Å²) in [7, 11) is -2.06. The Balaban J connectivity index is 4.32. The molecule has 1 atom stereocenters. The van der Waals surface area contributed by atoms with Crippen molar-refractivity contribution in [2.45, 2.75) is 33.2 Å². The van der Waals surface area contributed by atoms with Crippen molar-refractivity contribution in [3.63, 3.8) is 0 Å². The second-order valence-electron chi connectivity index (χ2n) is 4.91. The lowest BCUT2D eigenvalue weighted by molar-refractivity contribution is -0.140. The predicted molar refractivity (Wildman–Crippen MR) is 62.7 cm³/mol. The van der Waals surface area contributed by atoms with E-state index in [-0.39, 0.29) is 23.3 Å². The van der Waals surface area contributed by atoms with Gasteiger partial charge in [0.05, 0.1) is 25.0 Å². The van der Waals surface area contributed by atoms with Crippen LogP contribution < -0.4 is 5.73 Å². The smallest absolute Gasteiger partial charge is 0.306 e. The maximum Gasteiger partial charge on any atom is 0.306 e. The molecule has 5 nitrogen and oxygen atoms in total. The molecule has 1 unspecified atom stereocenters. The molecule has 2 N–H and O–H groups in total. The second-order valence-corrected chi connectivity index (χ2v) is 7.14. The van der Waals surface area contributed by atoms with E-state index in [1.165, 1.54) is 7.11 Å². The van der Waals surface area contributed by atoms with Crippen LogP contribution in [-0.2, 0) is 19.4 Å². The summed E-state index contributed by atoms with van der Waals surface area (Å²) in [6, 6.07) is -0.435. The summed E-state index contributed by atoms with van der Waals surface area (Å²) in [4.78, 5) is 10.8. The third-order valence-electron chi connectivity index (χ3n) is 2.39. The van der Waals surface area contributed by atoms with Gasteiger partial charge < -0.3 is 10.5 Å². The van der Waals surface area contributed by atoms with E-state index in [1.54, 1.807) is 0 Å². The maximum absolute atomic E-state index is 11.6. The van der Waals surface area contributed by atoms with Crippen LogP contribution in [0.15, 0.2) is 0 Å². The highest BCUT2D eigenvalue weighted by atomic mass is 32.2. The Hall–Kier alpha value is -0.620. The maximum atomic E-state index is 11.6. The fourth-order valence-corrected chi connectivity index (χ4v) is 2.64. The van der Waals surface area contributed by atoms with Crippen molar-refractivity contribution in [2.75, 3.05) is 18.6 Å². The van der Waals surface area contributed by atoms with Crippen molar-refractivity contribution in [2.24, 2.45) is 11.1 Å². The first kappa shape index (κ1) is 15.4. The fourth-order valence-electron chi connectivity index (χ4n) is 0.948. The number of hydrogen-bond acceptors (Lipinski definition) is 5. The predicted octanol–water partition coefficient (Wildman–Crippen LogP) is 0.338. The molecule has 96 valence electrons. The summed E-state index contributed by atoms with van der Waals surface area (Å²) in [5.74, 6) is -0.829. The lowest BCUT2D eigenvalue weighted by Crippen LogP contribution is -2.41. The molecule has 0 aliphatic carbocycles. The average molecular weight is 251 g/mol. The Bertz CT molecular complexity index is 329. The molecule has 0 fully saturated rings. The van der Waals surface area contributed by atoms with Crippen LogP contribution in [0, 0.1) is 5.41 Å². The molecular formula is C10H21NO4S. The van der Waals surface area contributed by atoms with Crippen LogP contribution in [0.4, 0.5) is 0 Å². The monoisotopic (exact) mass is 251 g/mol. The average Bonchev–Trinajstić information content (AvgIpc) is 2.12. The number of carbonyl (C=O) groups excluding carboxylic acids is 1. The van der Waals surface area contributed by atoms with Crippen molar-refractivity contribution < 1.29 is 17.9 Å². The molecule has 0 saturated carbocycles. The molecule has 0 aromatic rings. The zero-order chi connectivity index (χ0) is 13.0. The number of carbonyl (C=O) groups is 1. The Kier molecular flexibility index (Phi) is 5.41. The van der Waals surface area contributed by atoms with Gasteiger partial charge in [-0.05, 0) is 5.41 Å². The molecule has 0 amide bonds. The van der Waals surface area contributed by atoms with E-state index >= 15 is 0 Å². The van der Waals surface area contributed by atoms with Crippen molar-refractivity contribution >= 4 is 15.8 Å². The van der Waals surface area contributed by atoms with Gasteiger partial charge in [-0.2, -0.15) is 0 Å². The van der Waals surface area contributed by atoms with Crippen LogP contribution in [0.5, 0.6) is 0 Å². The van der Waals surface area contributed by atoms with Crippen LogP contribution in [-0.4, -0.2) is 39.0 Å². The first-order chi connectivity index (χ1) is 7.08. The molecule has 0 aromatic carbocycles. The zero-order valence-electron chi connectivity index (χ0n) is 10.3. The lowest BCUT2D eigenvalue weighted by Gasteiger charge is -2.26. The normalized spacial score (nSPS) is 14.6. The highest BCUT2D eigenvalue weighted by Crippen LogP contribution is 2.18. The van der Waals surface area contributed by atoms with Crippen LogP contribution in [0.1, 0.15) is 27.2 Å². The van der Waals surface area contributed by atoms with Gasteiger partial charge in [0.2, 0.25) is 0 Å². The number of ether oxygens (including phenoxy) is 1. The Labute approximate surface area is 97.3 Å². The molecule has 0 aliphatic rings. The minimum atomic E-state index is -3.29. The van der Waals surface area contributed by atoms with E-state index in [1.807, 2.05) is 20.8 Å². The van der Waals surface area contributed by atoms with Gasteiger partial charge in [0.1, 0.15) is 0 Å². The highest BCUT2D eigenvalue weighted by Gasteiger charge is 2.26. The summed E-state index contributed by atoms with van der Waals surface area (Å²) in [6.07, 6.45) is -0.115. The van der Waals surface area contributed by atoms with Gasteiger partial charge >= 0.3 is 5.97 Å². The van der Waals surface area contributed by atoms with E-state index in [0.29, 0.717) is 0 Å². The molecule has 0 radical (unpaired) electrons. The van der Waals surface area contributed by atoms with Crippen molar-refractivity contribution in [3.8, 4) is 0 Å². The molecule has 0 saturated heterocycles. The van der Waals surface area contributed by atoms with Crippen LogP contribution in [0.3, 0.4) is 0 Å². The summed E-state index contributed by atoms with van der Waals surface area (Å²) >= 11 is 0. The van der Waals surface area contributed by atoms with Crippen LogP contribution in [0.25, 0.3) is 0 Å². The largest absolute Gasteiger partial charge is 0.469 e. The third-order valence-corrected chi connectivity index (χ3v) is 4.08. The van der Waals surface area contributed by atoms with Gasteiger partial charge in [0.25, 0.3) is 0 Å². The Morgan fingerprint density at radius 3 is 2.25 bits per heavy atom. The first-order valence-electron chi connectivity index (χ1n) is 5.11. The number of sulfone groups is 1. The number of hydrogen-bond donors (Lipinski definition) is 1. The van der Waals surface area contributed by atoms with Crippen LogP contribution >= 0.6 is 0 Å². The molecule has 6 heteroatoms. The summed E-state index contributed by atoms with van der Waals surface area (Å²) < 4.78 is 27.6. The first-order valence-corrected chi connectivity index (χ1v) is 6.93. The number of nitrogens with two attached hydrogens (primary N) is 1. The minimum absolute atomic E-state index is 0.104. The van der Waals surface area contributed by atoms with Gasteiger partial charge in [-0.3, -0.25) is 4.79 Å². The fraction of sp³-hybridized carbons (Fsp3) is 0.900. The SMILES string of the molecule is COC(=O)CCS(=O)(=O)CC(N)C(C)(C)C. The Morgan fingerprint density at radius 2 is 1.88 bits per heavy atom. The molecule has 0 rings (SSSR count). The highest BCUT2D eigenvalue weighted by molar-refractivity contribution is 7.91. The topological polar surface area (TPSA) is 86.5 Å². The standard InChI is InChI=1S/C10H21NO4S/c1-10(2,3)8(11)7-16(13,14)6-5-9(12)15-4/h8H,5-7,11H2,1-4H3. The van der Waals surface area contributed by atoms with E-state index in [0.717, 1.165) is 0 Å². The number of rotatable bonds is 5. The third kappa shape index (κ3) is 6.07. The molecule has 0 heterocycles. The van der Waals surface area contributed by atoms with Gasteiger partial charge in [-0.1, -0.05) is 20.8 Å². The van der Waals surface area contributed by atoms with Crippen molar-refractivity contribution in [1.82, 2.24) is 0 Å². The molecule has 0 bridgehead atoms.